The summed E-state index contributed by atoms with van der Waals surface area (Å²) in [6.07, 6.45) is 0.719. The number of nitrogens with zero attached hydrogens (tertiary/aromatic N) is 1. The zero-order valence-corrected chi connectivity index (χ0v) is 14.4. The zero-order valence-electron chi connectivity index (χ0n) is 14.4. The normalized spacial score (nSPS) is 12.2. The second kappa shape index (κ2) is 9.14. The van der Waals surface area contributed by atoms with E-state index in [4.69, 9.17) is 0 Å². The predicted molar refractivity (Wildman–Crippen MR) is 102 cm³/mol. The standard InChI is InChI=1S/C23H24FN/c24-17-23(16-20-10-4-1-5-11-20)25(18-21-12-6-2-7-13-21)19-22-14-8-3-9-15-22/h1-15,23H,16-19H2/t23-/m0/s1. The lowest BCUT2D eigenvalue weighted by Crippen LogP contribution is -2.37. The lowest BCUT2D eigenvalue weighted by Gasteiger charge is -2.30. The highest BCUT2D eigenvalue weighted by atomic mass is 19.1. The maximum absolute atomic E-state index is 14.0. The molecule has 0 saturated carbocycles. The fourth-order valence-electron chi connectivity index (χ4n) is 3.12. The van der Waals surface area contributed by atoms with Crippen molar-refractivity contribution in [3.05, 3.63) is 108 Å². The molecule has 0 aliphatic rings. The van der Waals surface area contributed by atoms with Crippen LogP contribution in [0.2, 0.25) is 0 Å². The van der Waals surface area contributed by atoms with E-state index in [0.29, 0.717) is 0 Å². The molecule has 1 nitrogen and oxygen atoms in total. The molecule has 0 aliphatic heterocycles. The van der Waals surface area contributed by atoms with Crippen LogP contribution in [0.1, 0.15) is 16.7 Å². The lowest BCUT2D eigenvalue weighted by atomic mass is 10.0. The maximum Gasteiger partial charge on any atom is 0.105 e. The van der Waals surface area contributed by atoms with E-state index in [-0.39, 0.29) is 12.7 Å². The number of benzene rings is 3. The van der Waals surface area contributed by atoms with Gasteiger partial charge in [0.15, 0.2) is 0 Å². The molecule has 0 N–H and O–H groups in total. The Hall–Kier alpha value is -2.45. The van der Waals surface area contributed by atoms with Gasteiger partial charge >= 0.3 is 0 Å². The second-order valence-corrected chi connectivity index (χ2v) is 6.37. The summed E-state index contributed by atoms with van der Waals surface area (Å²) >= 11 is 0. The largest absolute Gasteiger partial charge is 0.289 e. The molecule has 0 aromatic heterocycles. The molecule has 0 radical (unpaired) electrons. The van der Waals surface area contributed by atoms with Crippen LogP contribution >= 0.6 is 0 Å². The van der Waals surface area contributed by atoms with Crippen LogP contribution in [0.25, 0.3) is 0 Å². The van der Waals surface area contributed by atoms with Crippen LogP contribution in [-0.4, -0.2) is 17.6 Å². The summed E-state index contributed by atoms with van der Waals surface area (Å²) < 4.78 is 14.0. The van der Waals surface area contributed by atoms with Crippen LogP contribution in [0, 0.1) is 0 Å². The first-order valence-corrected chi connectivity index (χ1v) is 8.77. The molecular formula is C23H24FN. The Morgan fingerprint density at radius 2 is 1.00 bits per heavy atom. The van der Waals surface area contributed by atoms with Gasteiger partial charge in [0.1, 0.15) is 6.67 Å². The van der Waals surface area contributed by atoms with Gasteiger partial charge in [-0.2, -0.15) is 0 Å². The van der Waals surface area contributed by atoms with Crippen molar-refractivity contribution in [1.82, 2.24) is 4.90 Å². The minimum Gasteiger partial charge on any atom is -0.289 e. The second-order valence-electron chi connectivity index (χ2n) is 6.37. The average molecular weight is 333 g/mol. The van der Waals surface area contributed by atoms with Gasteiger partial charge in [-0.3, -0.25) is 4.90 Å². The van der Waals surface area contributed by atoms with E-state index >= 15 is 0 Å². The van der Waals surface area contributed by atoms with Crippen LogP contribution in [-0.2, 0) is 19.5 Å². The molecule has 0 unspecified atom stereocenters. The fraction of sp³-hybridized carbons (Fsp3) is 0.217. The number of hydrogen-bond acceptors (Lipinski definition) is 1. The van der Waals surface area contributed by atoms with Crippen LogP contribution in [0.5, 0.6) is 0 Å². The first-order valence-electron chi connectivity index (χ1n) is 8.77. The van der Waals surface area contributed by atoms with E-state index in [2.05, 4.69) is 41.3 Å². The molecule has 0 heterocycles. The highest BCUT2D eigenvalue weighted by Gasteiger charge is 2.19. The van der Waals surface area contributed by atoms with Crippen molar-refractivity contribution in [3.63, 3.8) is 0 Å². The van der Waals surface area contributed by atoms with Crippen molar-refractivity contribution >= 4 is 0 Å². The molecule has 3 aromatic carbocycles. The maximum atomic E-state index is 14.0. The van der Waals surface area contributed by atoms with Crippen LogP contribution < -0.4 is 0 Å². The number of rotatable bonds is 8. The van der Waals surface area contributed by atoms with E-state index in [9.17, 15) is 4.39 Å². The topological polar surface area (TPSA) is 3.24 Å². The minimum atomic E-state index is -0.353. The first-order chi connectivity index (χ1) is 12.3. The van der Waals surface area contributed by atoms with Crippen molar-refractivity contribution in [2.24, 2.45) is 0 Å². The average Bonchev–Trinajstić information content (AvgIpc) is 2.68. The Morgan fingerprint density at radius 1 is 0.600 bits per heavy atom. The van der Waals surface area contributed by atoms with E-state index in [1.54, 1.807) is 0 Å². The number of halogens is 1. The van der Waals surface area contributed by atoms with E-state index in [1.165, 1.54) is 16.7 Å². The third-order valence-corrected chi connectivity index (χ3v) is 4.47. The van der Waals surface area contributed by atoms with Crippen molar-refractivity contribution < 1.29 is 4.39 Å². The van der Waals surface area contributed by atoms with Crippen molar-refractivity contribution in [2.45, 2.75) is 25.6 Å². The first kappa shape index (κ1) is 17.4. The summed E-state index contributed by atoms with van der Waals surface area (Å²) in [5.41, 5.74) is 3.60. The van der Waals surface area contributed by atoms with E-state index in [0.717, 1.165) is 19.5 Å². The molecule has 0 amide bonds. The molecule has 0 saturated heterocycles. The van der Waals surface area contributed by atoms with Gasteiger partial charge in [0.05, 0.1) is 0 Å². The molecule has 0 spiro atoms. The van der Waals surface area contributed by atoms with Crippen molar-refractivity contribution in [1.29, 1.82) is 0 Å². The van der Waals surface area contributed by atoms with Gasteiger partial charge in [0, 0.05) is 19.1 Å². The van der Waals surface area contributed by atoms with Crippen LogP contribution in [0.4, 0.5) is 4.39 Å². The van der Waals surface area contributed by atoms with E-state index < -0.39 is 0 Å². The lowest BCUT2D eigenvalue weighted by molar-refractivity contribution is 0.148. The quantitative estimate of drug-likeness (QED) is 0.543. The number of hydrogen-bond donors (Lipinski definition) is 0. The van der Waals surface area contributed by atoms with E-state index in [1.807, 2.05) is 54.6 Å². The van der Waals surface area contributed by atoms with Crippen LogP contribution in [0.3, 0.4) is 0 Å². The van der Waals surface area contributed by atoms with Gasteiger partial charge in [-0.25, -0.2) is 4.39 Å². The summed E-state index contributed by atoms with van der Waals surface area (Å²) in [5, 5.41) is 0. The van der Waals surface area contributed by atoms with Gasteiger partial charge in [0.2, 0.25) is 0 Å². The number of alkyl halides is 1. The van der Waals surface area contributed by atoms with Gasteiger partial charge in [-0.1, -0.05) is 91.0 Å². The predicted octanol–water partition coefficient (Wildman–Crippen LogP) is 5.27. The van der Waals surface area contributed by atoms with Crippen LogP contribution in [0.15, 0.2) is 91.0 Å². The summed E-state index contributed by atoms with van der Waals surface area (Å²) in [7, 11) is 0. The molecule has 1 atom stereocenters. The van der Waals surface area contributed by atoms with Crippen molar-refractivity contribution in [3.8, 4) is 0 Å². The molecule has 3 rings (SSSR count). The fourth-order valence-corrected chi connectivity index (χ4v) is 3.12. The Labute approximate surface area is 149 Å². The molecule has 0 fully saturated rings. The molecule has 2 heteroatoms. The Bertz CT molecular complexity index is 686. The molecular weight excluding hydrogens is 309 g/mol. The third kappa shape index (κ3) is 5.27. The molecule has 0 aliphatic carbocycles. The highest BCUT2D eigenvalue weighted by molar-refractivity contribution is 5.19. The van der Waals surface area contributed by atoms with Gasteiger partial charge in [0.25, 0.3) is 0 Å². The van der Waals surface area contributed by atoms with Gasteiger partial charge < -0.3 is 0 Å². The molecule has 0 bridgehead atoms. The summed E-state index contributed by atoms with van der Waals surface area (Å²) in [6.45, 7) is 1.14. The SMILES string of the molecule is FC[C@H](Cc1ccccc1)N(Cc1ccccc1)Cc1ccccc1. The van der Waals surface area contributed by atoms with Gasteiger partial charge in [-0.15, -0.1) is 0 Å². The van der Waals surface area contributed by atoms with Gasteiger partial charge in [-0.05, 0) is 23.1 Å². The highest BCUT2D eigenvalue weighted by Crippen LogP contribution is 2.17. The Kier molecular flexibility index (Phi) is 6.35. The van der Waals surface area contributed by atoms with Crippen molar-refractivity contribution in [2.75, 3.05) is 6.67 Å². The third-order valence-electron chi connectivity index (χ3n) is 4.47. The minimum absolute atomic E-state index is 0.136. The summed E-state index contributed by atoms with van der Waals surface area (Å²) in [6, 6.07) is 30.7. The smallest absolute Gasteiger partial charge is 0.105 e. The Balaban J connectivity index is 1.80. The molecule has 128 valence electrons. The monoisotopic (exact) mass is 333 g/mol. The molecule has 3 aromatic rings. The zero-order chi connectivity index (χ0) is 17.3. The summed E-state index contributed by atoms with van der Waals surface area (Å²) in [4.78, 5) is 2.25. The molecule has 25 heavy (non-hydrogen) atoms. The summed E-state index contributed by atoms with van der Waals surface area (Å²) in [5.74, 6) is 0. The Morgan fingerprint density at radius 3 is 1.40 bits per heavy atom.